The predicted octanol–water partition coefficient (Wildman–Crippen LogP) is 6.04. The maximum Gasteiger partial charge on any atom is 0.243 e. The van der Waals surface area contributed by atoms with E-state index in [1.807, 2.05) is 48.5 Å². The average Bonchev–Trinajstić information content (AvgIpc) is 3.70. The minimum Gasteiger partial charge on any atom is -0.487 e. The normalized spacial score (nSPS) is 17.9. The SMILES string of the molecule is O=C(Nc1cccc(-c2ccc(S(=O)(=O)N3CCC[C@@H]3CO)cc2)n1)C1(c2ccc(Cl)c(OCc3ccccc3)c2)CC1.[HH]. The first kappa shape index (κ1) is 29.3. The number of aromatic nitrogens is 1. The van der Waals surface area contributed by atoms with Crippen molar-refractivity contribution in [2.45, 2.75) is 48.6 Å². The number of hydrogen-bond donors (Lipinski definition) is 2. The third kappa shape index (κ3) is 6.03. The zero-order chi connectivity index (χ0) is 30.0. The number of nitrogens with one attached hydrogen (secondary N) is 1. The number of sulfonamides is 1. The van der Waals surface area contributed by atoms with Gasteiger partial charge in [-0.3, -0.25) is 4.79 Å². The number of rotatable bonds is 10. The molecule has 6 rings (SSSR count). The predicted molar refractivity (Wildman–Crippen MR) is 168 cm³/mol. The number of carbonyl (C=O) groups excluding carboxylic acids is 1. The van der Waals surface area contributed by atoms with Crippen molar-refractivity contribution in [3.8, 4) is 17.0 Å². The van der Waals surface area contributed by atoms with Gasteiger partial charge in [-0.1, -0.05) is 66.2 Å². The molecular weight excluding hydrogens is 586 g/mol. The summed E-state index contributed by atoms with van der Waals surface area (Å²) in [6.07, 6.45) is 2.77. The Hall–Kier alpha value is -3.76. The molecule has 2 N–H and O–H groups in total. The van der Waals surface area contributed by atoms with Gasteiger partial charge in [0.15, 0.2) is 0 Å². The molecule has 43 heavy (non-hydrogen) atoms. The summed E-state index contributed by atoms with van der Waals surface area (Å²) in [5.74, 6) is 0.783. The lowest BCUT2D eigenvalue weighted by atomic mass is 9.94. The molecule has 10 heteroatoms. The smallest absolute Gasteiger partial charge is 0.243 e. The first-order valence-corrected chi connectivity index (χ1v) is 16.1. The van der Waals surface area contributed by atoms with E-state index in [4.69, 9.17) is 16.3 Å². The maximum absolute atomic E-state index is 13.5. The lowest BCUT2D eigenvalue weighted by molar-refractivity contribution is -0.118. The summed E-state index contributed by atoms with van der Waals surface area (Å²) in [5.41, 5.74) is 2.49. The van der Waals surface area contributed by atoms with Crippen molar-refractivity contribution in [1.82, 2.24) is 9.29 Å². The van der Waals surface area contributed by atoms with Crippen LogP contribution in [0.15, 0.2) is 95.9 Å². The van der Waals surface area contributed by atoms with E-state index in [2.05, 4.69) is 10.3 Å². The first-order valence-electron chi connectivity index (χ1n) is 14.3. The summed E-state index contributed by atoms with van der Waals surface area (Å²) in [6, 6.07) is 26.8. The van der Waals surface area contributed by atoms with Crippen molar-refractivity contribution in [3.05, 3.63) is 107 Å². The molecule has 0 bridgehead atoms. The quantitative estimate of drug-likeness (QED) is 0.224. The number of nitrogens with zero attached hydrogens (tertiary/aromatic N) is 2. The van der Waals surface area contributed by atoms with Crippen LogP contribution in [0, 0.1) is 0 Å². The highest BCUT2D eigenvalue weighted by Crippen LogP contribution is 2.50. The zero-order valence-electron chi connectivity index (χ0n) is 23.4. The molecule has 1 saturated carbocycles. The Morgan fingerprint density at radius 1 is 1.05 bits per heavy atom. The number of hydrogen-bond acceptors (Lipinski definition) is 6. The number of aliphatic hydroxyl groups is 1. The fourth-order valence-corrected chi connectivity index (χ4v) is 7.42. The summed E-state index contributed by atoms with van der Waals surface area (Å²) < 4.78 is 33.6. The van der Waals surface area contributed by atoms with Crippen molar-refractivity contribution >= 4 is 33.3 Å². The molecule has 0 radical (unpaired) electrons. The second-order valence-corrected chi connectivity index (χ2v) is 13.3. The molecule has 8 nitrogen and oxygen atoms in total. The van der Waals surface area contributed by atoms with E-state index >= 15 is 0 Å². The fraction of sp³-hybridized carbons (Fsp3) is 0.273. The maximum atomic E-state index is 13.5. The number of halogens is 1. The summed E-state index contributed by atoms with van der Waals surface area (Å²) in [5, 5.41) is 13.0. The molecule has 1 saturated heterocycles. The molecule has 1 atom stereocenters. The van der Waals surface area contributed by atoms with Crippen molar-refractivity contribution in [2.75, 3.05) is 18.5 Å². The number of ether oxygens (including phenoxy) is 1. The van der Waals surface area contributed by atoms with Crippen molar-refractivity contribution in [1.29, 1.82) is 0 Å². The summed E-state index contributed by atoms with van der Waals surface area (Å²) >= 11 is 6.42. The summed E-state index contributed by atoms with van der Waals surface area (Å²) in [6.45, 7) is 0.578. The molecule has 1 amide bonds. The Kier molecular flexibility index (Phi) is 8.24. The molecule has 1 aliphatic heterocycles. The highest BCUT2D eigenvalue weighted by molar-refractivity contribution is 7.89. The second kappa shape index (κ2) is 12.1. The number of amides is 1. The number of pyridine rings is 1. The van der Waals surface area contributed by atoms with Gasteiger partial charge in [-0.15, -0.1) is 0 Å². The Labute approximate surface area is 257 Å². The standard InChI is InChI=1S/C33H32ClN3O5S.H2/c34-28-16-13-25(20-30(28)42-22-23-6-2-1-3-7-23)33(17-18-33)32(39)36-31-10-4-9-29(35-31)24-11-14-27(15-12-24)43(40,41)37-19-5-8-26(37)21-38;/h1-4,6-7,9-16,20,26,38H,5,8,17-19,21-22H2,(H,35,36,39);1H/t26-;/m1./s1. The van der Waals surface area contributed by atoms with Crippen LogP contribution in [-0.4, -0.2) is 47.9 Å². The lowest BCUT2D eigenvalue weighted by Gasteiger charge is -2.22. The van der Waals surface area contributed by atoms with Gasteiger partial charge >= 0.3 is 0 Å². The van der Waals surface area contributed by atoms with Crippen LogP contribution in [0.5, 0.6) is 5.75 Å². The molecule has 2 aliphatic rings. The molecule has 2 heterocycles. The lowest BCUT2D eigenvalue weighted by Crippen LogP contribution is -2.37. The Bertz CT molecular complexity index is 1730. The van der Waals surface area contributed by atoms with E-state index in [1.54, 1.807) is 42.5 Å². The molecule has 0 unspecified atom stereocenters. The van der Waals surface area contributed by atoms with E-state index in [9.17, 15) is 18.3 Å². The number of carbonyl (C=O) groups is 1. The summed E-state index contributed by atoms with van der Waals surface area (Å²) in [7, 11) is -3.70. The molecule has 0 spiro atoms. The number of aliphatic hydroxyl groups excluding tert-OH is 1. The highest BCUT2D eigenvalue weighted by atomic mass is 35.5. The van der Waals surface area contributed by atoms with Crippen molar-refractivity contribution in [3.63, 3.8) is 0 Å². The molecule has 4 aromatic rings. The van der Waals surface area contributed by atoms with Crippen LogP contribution in [0.2, 0.25) is 5.02 Å². The van der Waals surface area contributed by atoms with Crippen LogP contribution in [0.1, 0.15) is 38.2 Å². The minimum absolute atomic E-state index is 0. The Balaban J connectivity index is 0.00000384. The van der Waals surface area contributed by atoms with Gasteiger partial charge in [-0.25, -0.2) is 13.4 Å². The third-order valence-corrected chi connectivity index (χ3v) is 10.5. The Morgan fingerprint density at radius 3 is 2.53 bits per heavy atom. The van der Waals surface area contributed by atoms with Gasteiger partial charge in [0.2, 0.25) is 15.9 Å². The van der Waals surface area contributed by atoms with Gasteiger partial charge in [0.1, 0.15) is 18.2 Å². The van der Waals surface area contributed by atoms with Crippen molar-refractivity contribution < 1.29 is 24.5 Å². The molecule has 2 fully saturated rings. The fourth-order valence-electron chi connectivity index (χ4n) is 5.56. The molecule has 224 valence electrons. The molecule has 3 aromatic carbocycles. The van der Waals surface area contributed by atoms with E-state index < -0.39 is 15.4 Å². The van der Waals surface area contributed by atoms with Gasteiger partial charge < -0.3 is 15.2 Å². The minimum atomic E-state index is -3.70. The summed E-state index contributed by atoms with van der Waals surface area (Å²) in [4.78, 5) is 18.3. The van der Waals surface area contributed by atoms with E-state index in [0.29, 0.717) is 60.3 Å². The number of benzene rings is 3. The van der Waals surface area contributed by atoms with Crippen LogP contribution in [0.4, 0.5) is 5.82 Å². The first-order chi connectivity index (χ1) is 20.8. The van der Waals surface area contributed by atoms with Crippen LogP contribution < -0.4 is 10.1 Å². The Morgan fingerprint density at radius 2 is 1.81 bits per heavy atom. The average molecular weight is 620 g/mol. The van der Waals surface area contributed by atoms with Gasteiger partial charge in [-0.05, 0) is 73.2 Å². The third-order valence-electron chi connectivity index (χ3n) is 8.19. The van der Waals surface area contributed by atoms with Gasteiger partial charge in [0.05, 0.1) is 27.6 Å². The largest absolute Gasteiger partial charge is 0.487 e. The second-order valence-electron chi connectivity index (χ2n) is 11.0. The molecule has 1 aromatic heterocycles. The van der Waals surface area contributed by atoms with E-state index in [0.717, 1.165) is 17.5 Å². The number of anilines is 1. The highest BCUT2D eigenvalue weighted by Gasteiger charge is 2.51. The molecular formula is C33H34ClN3O5S. The van der Waals surface area contributed by atoms with Gasteiger partial charge in [0, 0.05) is 19.6 Å². The van der Waals surface area contributed by atoms with Crippen molar-refractivity contribution in [2.24, 2.45) is 0 Å². The van der Waals surface area contributed by atoms with Crippen LogP contribution >= 0.6 is 11.6 Å². The van der Waals surface area contributed by atoms with Crippen LogP contribution in [0.25, 0.3) is 11.3 Å². The zero-order valence-corrected chi connectivity index (χ0v) is 25.0. The van der Waals surface area contributed by atoms with Gasteiger partial charge in [-0.2, -0.15) is 4.31 Å². The van der Waals surface area contributed by atoms with Gasteiger partial charge in [0.25, 0.3) is 0 Å². The molecule has 1 aliphatic carbocycles. The van der Waals surface area contributed by atoms with E-state index in [-0.39, 0.29) is 24.9 Å². The topological polar surface area (TPSA) is 109 Å². The van der Waals surface area contributed by atoms with Crippen LogP contribution in [0.3, 0.4) is 0 Å². The van der Waals surface area contributed by atoms with E-state index in [1.165, 1.54) is 4.31 Å². The van der Waals surface area contributed by atoms with Crippen LogP contribution in [-0.2, 0) is 26.8 Å². The monoisotopic (exact) mass is 619 g/mol.